The van der Waals surface area contributed by atoms with Crippen LogP contribution in [0.4, 0.5) is 5.00 Å². The number of benzene rings is 1. The summed E-state index contributed by atoms with van der Waals surface area (Å²) in [7, 11) is -2.23. The molecule has 1 amide bonds. The summed E-state index contributed by atoms with van der Waals surface area (Å²) in [6, 6.07) is 6.35. The van der Waals surface area contributed by atoms with Gasteiger partial charge in [-0.3, -0.25) is 9.69 Å². The Bertz CT molecular complexity index is 1170. The first kappa shape index (κ1) is 24.8. The summed E-state index contributed by atoms with van der Waals surface area (Å²) < 4.78 is 32.3. The second-order valence-electron chi connectivity index (χ2n) is 8.96. The molecule has 2 aromatic rings. The van der Waals surface area contributed by atoms with Crippen molar-refractivity contribution >= 4 is 38.2 Å². The summed E-state index contributed by atoms with van der Waals surface area (Å²) in [5, 5.41) is 3.34. The van der Waals surface area contributed by atoms with Crippen molar-refractivity contribution in [3.8, 4) is 0 Å². The van der Waals surface area contributed by atoms with E-state index in [-0.39, 0.29) is 4.90 Å². The number of nitrogens with zero attached hydrogens (tertiary/aromatic N) is 2. The summed E-state index contributed by atoms with van der Waals surface area (Å²) in [6.07, 6.45) is 3.48. The van der Waals surface area contributed by atoms with Gasteiger partial charge in [0.05, 0.1) is 17.6 Å². The first-order valence-electron chi connectivity index (χ1n) is 11.6. The molecule has 8 nitrogen and oxygen atoms in total. The lowest BCUT2D eigenvalue weighted by Crippen LogP contribution is -2.35. The number of carbonyl (C=O) groups is 2. The van der Waals surface area contributed by atoms with Gasteiger partial charge in [-0.15, -0.1) is 11.3 Å². The van der Waals surface area contributed by atoms with E-state index in [1.165, 1.54) is 47.0 Å². The smallest absolute Gasteiger partial charge is 0.341 e. The largest absolute Gasteiger partial charge is 0.465 e. The maximum absolute atomic E-state index is 13.0. The Morgan fingerprint density at radius 2 is 1.74 bits per heavy atom. The minimum atomic E-state index is -3.56. The van der Waals surface area contributed by atoms with Crippen LogP contribution in [0.2, 0.25) is 0 Å². The summed E-state index contributed by atoms with van der Waals surface area (Å²) in [4.78, 5) is 29.1. The molecule has 34 heavy (non-hydrogen) atoms. The normalized spacial score (nSPS) is 17.4. The van der Waals surface area contributed by atoms with E-state index >= 15 is 0 Å². The van der Waals surface area contributed by atoms with Gasteiger partial charge >= 0.3 is 5.97 Å². The Hall–Kier alpha value is -2.27. The monoisotopic (exact) mass is 505 g/mol. The van der Waals surface area contributed by atoms with Gasteiger partial charge in [0.15, 0.2) is 0 Å². The Labute approximate surface area is 204 Å². The molecule has 3 heterocycles. The van der Waals surface area contributed by atoms with Crippen LogP contribution >= 0.6 is 11.3 Å². The predicted molar refractivity (Wildman–Crippen MR) is 132 cm³/mol. The molecule has 0 radical (unpaired) electrons. The van der Waals surface area contributed by atoms with Crippen molar-refractivity contribution in [1.29, 1.82) is 0 Å². The number of hydrogen-bond acceptors (Lipinski definition) is 7. The van der Waals surface area contributed by atoms with Crippen molar-refractivity contribution in [2.45, 2.75) is 57.0 Å². The van der Waals surface area contributed by atoms with E-state index in [0.29, 0.717) is 41.7 Å². The van der Waals surface area contributed by atoms with Crippen LogP contribution in [0.25, 0.3) is 0 Å². The van der Waals surface area contributed by atoms with Crippen molar-refractivity contribution in [2.75, 3.05) is 32.1 Å². The molecule has 0 atom stereocenters. The van der Waals surface area contributed by atoms with Crippen molar-refractivity contribution in [3.63, 3.8) is 0 Å². The van der Waals surface area contributed by atoms with Crippen LogP contribution in [0.3, 0.4) is 0 Å². The number of anilines is 1. The highest BCUT2D eigenvalue weighted by molar-refractivity contribution is 7.89. The van der Waals surface area contributed by atoms with Crippen LogP contribution in [-0.4, -0.2) is 62.3 Å². The van der Waals surface area contributed by atoms with E-state index in [9.17, 15) is 18.0 Å². The average molecular weight is 506 g/mol. The Kier molecular flexibility index (Phi) is 7.42. The van der Waals surface area contributed by atoms with Gasteiger partial charge in [0.25, 0.3) is 5.91 Å². The number of ether oxygens (including phenoxy) is 1. The zero-order chi connectivity index (χ0) is 24.5. The summed E-state index contributed by atoms with van der Waals surface area (Å²) >= 11 is 1.40. The molecule has 0 bridgehead atoms. The second kappa shape index (κ2) is 10.2. The molecule has 1 fully saturated rings. The molecule has 4 rings (SSSR count). The van der Waals surface area contributed by atoms with Gasteiger partial charge in [-0.25, -0.2) is 13.2 Å². The molecule has 184 valence electrons. The highest BCUT2D eigenvalue weighted by Gasteiger charge is 2.30. The van der Waals surface area contributed by atoms with Gasteiger partial charge < -0.3 is 10.1 Å². The van der Waals surface area contributed by atoms with Crippen molar-refractivity contribution in [2.24, 2.45) is 0 Å². The fraction of sp³-hybridized carbons (Fsp3) is 0.500. The molecule has 1 aromatic heterocycles. The van der Waals surface area contributed by atoms with Crippen LogP contribution in [0.15, 0.2) is 29.2 Å². The Morgan fingerprint density at radius 1 is 1.06 bits per heavy atom. The highest BCUT2D eigenvalue weighted by Crippen LogP contribution is 2.38. The number of fused-ring (bicyclic) bond motifs is 1. The maximum Gasteiger partial charge on any atom is 0.341 e. The topological polar surface area (TPSA) is 96.0 Å². The van der Waals surface area contributed by atoms with Gasteiger partial charge in [-0.05, 0) is 62.9 Å². The number of piperidine rings is 1. The quantitative estimate of drug-likeness (QED) is 0.601. The van der Waals surface area contributed by atoms with E-state index in [0.717, 1.165) is 42.8 Å². The first-order valence-corrected chi connectivity index (χ1v) is 13.9. The third-order valence-electron chi connectivity index (χ3n) is 6.50. The summed E-state index contributed by atoms with van der Waals surface area (Å²) in [6.45, 7) is 6.89. The van der Waals surface area contributed by atoms with Crippen molar-refractivity contribution < 1.29 is 22.7 Å². The third-order valence-corrected chi connectivity index (χ3v) is 9.55. The number of carbonyl (C=O) groups excluding carboxylic acids is 2. The molecule has 1 aromatic carbocycles. The molecule has 2 aliphatic rings. The fourth-order valence-electron chi connectivity index (χ4n) is 4.48. The lowest BCUT2D eigenvalue weighted by atomic mass is 10.0. The van der Waals surface area contributed by atoms with Gasteiger partial charge in [-0.2, -0.15) is 4.31 Å². The Balaban J connectivity index is 1.55. The van der Waals surface area contributed by atoms with E-state index in [1.807, 2.05) is 0 Å². The number of amides is 1. The number of thiophene rings is 1. The number of nitrogens with one attached hydrogen (secondary N) is 1. The van der Waals surface area contributed by atoms with Crippen LogP contribution in [-0.2, 0) is 27.7 Å². The molecular weight excluding hydrogens is 474 g/mol. The van der Waals surface area contributed by atoms with Gasteiger partial charge in [0, 0.05) is 42.7 Å². The standard InChI is InChI=1S/C24H31N3O5S2/c1-16(2)26-14-11-19-20(15-26)33-23(21(19)24(29)32-3)25-22(28)17-7-9-18(10-8-17)34(30,31)27-12-5-4-6-13-27/h7-10,16H,4-6,11-15H2,1-3H3,(H,25,28). The maximum atomic E-state index is 13.0. The first-order chi connectivity index (χ1) is 16.2. The third kappa shape index (κ3) is 4.91. The van der Waals surface area contributed by atoms with Gasteiger partial charge in [0.2, 0.25) is 10.0 Å². The minimum Gasteiger partial charge on any atom is -0.465 e. The van der Waals surface area contributed by atoms with Crippen LogP contribution in [0.1, 0.15) is 64.3 Å². The molecule has 0 saturated carbocycles. The molecule has 1 saturated heterocycles. The zero-order valence-corrected chi connectivity index (χ0v) is 21.4. The fourth-order valence-corrected chi connectivity index (χ4v) is 7.25. The van der Waals surface area contributed by atoms with Gasteiger partial charge in [0.1, 0.15) is 5.00 Å². The van der Waals surface area contributed by atoms with Crippen molar-refractivity contribution in [1.82, 2.24) is 9.21 Å². The number of esters is 1. The minimum absolute atomic E-state index is 0.182. The number of rotatable bonds is 6. The molecule has 1 N–H and O–H groups in total. The SMILES string of the molecule is COC(=O)c1c(NC(=O)c2ccc(S(=O)(=O)N3CCCCC3)cc2)sc2c1CCN(C(C)C)C2. The molecule has 0 aliphatic carbocycles. The lowest BCUT2D eigenvalue weighted by Gasteiger charge is -2.30. The van der Waals surface area contributed by atoms with E-state index in [4.69, 9.17) is 4.74 Å². The summed E-state index contributed by atoms with van der Waals surface area (Å²) in [5.41, 5.74) is 1.68. The Morgan fingerprint density at radius 3 is 2.35 bits per heavy atom. The van der Waals surface area contributed by atoms with Crippen LogP contribution in [0.5, 0.6) is 0 Å². The van der Waals surface area contributed by atoms with E-state index in [2.05, 4.69) is 24.1 Å². The lowest BCUT2D eigenvalue weighted by molar-refractivity contribution is 0.0600. The summed E-state index contributed by atoms with van der Waals surface area (Å²) in [5.74, 6) is -0.861. The second-order valence-corrected chi connectivity index (χ2v) is 12.0. The van der Waals surface area contributed by atoms with E-state index < -0.39 is 21.9 Å². The van der Waals surface area contributed by atoms with Gasteiger partial charge in [-0.1, -0.05) is 6.42 Å². The molecule has 0 unspecified atom stereocenters. The molecular formula is C24H31N3O5S2. The van der Waals surface area contributed by atoms with E-state index in [1.54, 1.807) is 0 Å². The molecule has 10 heteroatoms. The number of sulfonamides is 1. The zero-order valence-electron chi connectivity index (χ0n) is 19.8. The average Bonchev–Trinajstić information content (AvgIpc) is 3.21. The van der Waals surface area contributed by atoms with Crippen LogP contribution < -0.4 is 5.32 Å². The number of hydrogen-bond donors (Lipinski definition) is 1. The van der Waals surface area contributed by atoms with Crippen LogP contribution in [0, 0.1) is 0 Å². The highest BCUT2D eigenvalue weighted by atomic mass is 32.2. The predicted octanol–water partition coefficient (Wildman–Crippen LogP) is 3.73. The molecule has 2 aliphatic heterocycles. The molecule has 0 spiro atoms. The van der Waals surface area contributed by atoms with Crippen molar-refractivity contribution in [3.05, 3.63) is 45.8 Å². The number of methoxy groups -OCH3 is 1.